The maximum Gasteiger partial charge on any atom is 0.433 e. The summed E-state index contributed by atoms with van der Waals surface area (Å²) >= 11 is 0. The molecule has 0 aliphatic carbocycles. The minimum absolute atomic E-state index is 0. The molecule has 1 aliphatic rings. The Morgan fingerprint density at radius 2 is 1.82 bits per heavy atom. The average Bonchev–Trinajstić information content (AvgIpc) is 2.84. The summed E-state index contributed by atoms with van der Waals surface area (Å²) in [5.74, 6) is -4.24. The van der Waals surface area contributed by atoms with Crippen LogP contribution < -0.4 is 16.1 Å². The van der Waals surface area contributed by atoms with Crippen LogP contribution in [0.5, 0.6) is 0 Å². The molecule has 1 amide bonds. The maximum atomic E-state index is 13.9. The number of rotatable bonds is 3. The number of aryl methyl sites for hydroxylation is 2. The van der Waals surface area contributed by atoms with Gasteiger partial charge in [0.25, 0.3) is 5.91 Å². The van der Waals surface area contributed by atoms with E-state index in [2.05, 4.69) is 9.97 Å². The smallest absolute Gasteiger partial charge is 0.365 e. The van der Waals surface area contributed by atoms with Gasteiger partial charge in [0.15, 0.2) is 5.43 Å². The summed E-state index contributed by atoms with van der Waals surface area (Å²) in [7, 11) is 0. The predicted octanol–water partition coefficient (Wildman–Crippen LogP) is 4.53. The summed E-state index contributed by atoms with van der Waals surface area (Å²) < 4.78 is 68.6. The summed E-state index contributed by atoms with van der Waals surface area (Å²) in [5.41, 5.74) is 3.50. The van der Waals surface area contributed by atoms with Crippen molar-refractivity contribution in [3.63, 3.8) is 0 Å². The van der Waals surface area contributed by atoms with E-state index in [1.54, 1.807) is 6.92 Å². The van der Waals surface area contributed by atoms with Gasteiger partial charge in [0, 0.05) is 42.8 Å². The monoisotopic (exact) mass is 494 g/mol. The van der Waals surface area contributed by atoms with Crippen molar-refractivity contribution >= 4 is 24.1 Å². The third-order valence-electron chi connectivity index (χ3n) is 5.69. The summed E-state index contributed by atoms with van der Waals surface area (Å²) in [4.78, 5) is 32.9. The number of nitrogens with one attached hydrogen (secondary N) is 1. The molecule has 12 heteroatoms. The van der Waals surface area contributed by atoms with E-state index in [0.29, 0.717) is 5.69 Å². The molecule has 1 saturated heterocycles. The van der Waals surface area contributed by atoms with Gasteiger partial charge in [0.05, 0.1) is 5.69 Å². The molecule has 2 aromatic heterocycles. The molecular weight excluding hydrogens is 471 g/mol. The zero-order valence-electron chi connectivity index (χ0n) is 18.2. The molecular formula is C21H24ClF5N4O2. The number of aromatic nitrogens is 2. The minimum Gasteiger partial charge on any atom is -0.365 e. The third kappa shape index (κ3) is 5.29. The SMILES string of the molecule is Cc1cc(-c2[nH]c(C)c(C)c(=O)c2C(N)=O)c(N2CCCC(F)(F)CC2)nc1C(F)(F)F.Cl. The average molecular weight is 495 g/mol. The number of carbonyl (C=O) groups is 1. The first-order valence-corrected chi connectivity index (χ1v) is 9.98. The van der Waals surface area contributed by atoms with Crippen molar-refractivity contribution in [1.29, 1.82) is 0 Å². The number of primary amides is 1. The van der Waals surface area contributed by atoms with Crippen molar-refractivity contribution < 1.29 is 26.7 Å². The van der Waals surface area contributed by atoms with Crippen LogP contribution in [0.4, 0.5) is 27.8 Å². The van der Waals surface area contributed by atoms with Crippen LogP contribution in [-0.2, 0) is 6.18 Å². The Balaban J connectivity index is 0.00000385. The van der Waals surface area contributed by atoms with Crippen molar-refractivity contribution in [2.75, 3.05) is 18.0 Å². The van der Waals surface area contributed by atoms with Crippen LogP contribution in [-0.4, -0.2) is 34.9 Å². The lowest BCUT2D eigenvalue weighted by Crippen LogP contribution is -2.30. The lowest BCUT2D eigenvalue weighted by atomic mass is 9.99. The van der Waals surface area contributed by atoms with Gasteiger partial charge in [-0.25, -0.2) is 13.8 Å². The first kappa shape index (κ1) is 26.6. The van der Waals surface area contributed by atoms with Crippen LogP contribution in [0, 0.1) is 20.8 Å². The Bertz CT molecular complexity index is 1130. The molecule has 3 heterocycles. The van der Waals surface area contributed by atoms with Gasteiger partial charge >= 0.3 is 6.18 Å². The minimum atomic E-state index is -4.78. The predicted molar refractivity (Wildman–Crippen MR) is 116 cm³/mol. The van der Waals surface area contributed by atoms with E-state index >= 15 is 0 Å². The third-order valence-corrected chi connectivity index (χ3v) is 5.69. The van der Waals surface area contributed by atoms with Gasteiger partial charge in [-0.1, -0.05) is 0 Å². The van der Waals surface area contributed by atoms with E-state index in [0.717, 1.165) is 6.07 Å². The highest BCUT2D eigenvalue weighted by atomic mass is 35.5. The van der Waals surface area contributed by atoms with Gasteiger partial charge in [-0.3, -0.25) is 9.59 Å². The lowest BCUT2D eigenvalue weighted by molar-refractivity contribution is -0.141. The number of halogens is 6. The van der Waals surface area contributed by atoms with Crippen molar-refractivity contribution in [3.05, 3.63) is 44.4 Å². The van der Waals surface area contributed by atoms with Crippen molar-refractivity contribution in [2.45, 2.75) is 52.1 Å². The Labute approximate surface area is 192 Å². The second kappa shape index (κ2) is 9.28. The van der Waals surface area contributed by atoms with Gasteiger partial charge in [0.1, 0.15) is 17.1 Å². The van der Waals surface area contributed by atoms with E-state index in [1.165, 1.54) is 18.7 Å². The zero-order chi connectivity index (χ0) is 24.0. The van der Waals surface area contributed by atoms with Crippen LogP contribution in [0.15, 0.2) is 10.9 Å². The molecule has 0 saturated carbocycles. The molecule has 0 aromatic carbocycles. The van der Waals surface area contributed by atoms with Crippen LogP contribution >= 0.6 is 12.4 Å². The number of alkyl halides is 5. The number of carbonyl (C=O) groups excluding carboxylic acids is 1. The summed E-state index contributed by atoms with van der Waals surface area (Å²) in [6.07, 6.45) is -5.70. The molecule has 182 valence electrons. The molecule has 0 atom stereocenters. The van der Waals surface area contributed by atoms with E-state index in [-0.39, 0.29) is 60.1 Å². The quantitative estimate of drug-likeness (QED) is 0.613. The summed E-state index contributed by atoms with van der Waals surface area (Å²) in [5, 5.41) is 0. The number of pyridine rings is 2. The van der Waals surface area contributed by atoms with Gasteiger partial charge in [-0.2, -0.15) is 13.2 Å². The Hall–Kier alpha value is -2.69. The normalized spacial score (nSPS) is 16.2. The number of aromatic amines is 1. The molecule has 0 radical (unpaired) electrons. The molecule has 3 N–H and O–H groups in total. The molecule has 6 nitrogen and oxygen atoms in total. The van der Waals surface area contributed by atoms with Crippen LogP contribution in [0.25, 0.3) is 11.3 Å². The number of anilines is 1. The molecule has 3 rings (SSSR count). The van der Waals surface area contributed by atoms with E-state index < -0.39 is 47.5 Å². The number of nitrogens with two attached hydrogens (primary N) is 1. The van der Waals surface area contributed by atoms with Gasteiger partial charge in [0.2, 0.25) is 5.92 Å². The second-order valence-corrected chi connectivity index (χ2v) is 8.04. The van der Waals surface area contributed by atoms with Crippen molar-refractivity contribution in [3.8, 4) is 11.3 Å². The molecule has 2 aromatic rings. The zero-order valence-corrected chi connectivity index (χ0v) is 19.0. The fourth-order valence-electron chi connectivity index (χ4n) is 3.84. The van der Waals surface area contributed by atoms with Gasteiger partial charge < -0.3 is 15.6 Å². The van der Waals surface area contributed by atoms with Gasteiger partial charge in [-0.05, 0) is 38.8 Å². The van der Waals surface area contributed by atoms with Crippen LogP contribution in [0.2, 0.25) is 0 Å². The molecule has 0 unspecified atom stereocenters. The number of nitrogens with zero attached hydrogens (tertiary/aromatic N) is 2. The highest BCUT2D eigenvalue weighted by Gasteiger charge is 2.38. The highest BCUT2D eigenvalue weighted by molar-refractivity contribution is 6.00. The Morgan fingerprint density at radius 1 is 1.18 bits per heavy atom. The van der Waals surface area contributed by atoms with Crippen molar-refractivity contribution in [1.82, 2.24) is 9.97 Å². The lowest BCUT2D eigenvalue weighted by Gasteiger charge is -2.27. The summed E-state index contributed by atoms with van der Waals surface area (Å²) in [6, 6.07) is 1.15. The first-order valence-electron chi connectivity index (χ1n) is 9.98. The fraction of sp³-hybridized carbons (Fsp3) is 0.476. The van der Waals surface area contributed by atoms with Crippen LogP contribution in [0.1, 0.15) is 52.1 Å². The van der Waals surface area contributed by atoms with E-state index in [9.17, 15) is 31.5 Å². The van der Waals surface area contributed by atoms with E-state index in [4.69, 9.17) is 5.73 Å². The Kier molecular flexibility index (Phi) is 7.47. The molecule has 0 spiro atoms. The molecule has 33 heavy (non-hydrogen) atoms. The second-order valence-electron chi connectivity index (χ2n) is 8.04. The highest BCUT2D eigenvalue weighted by Crippen LogP contribution is 2.39. The number of amides is 1. The van der Waals surface area contributed by atoms with Crippen LogP contribution in [0.3, 0.4) is 0 Å². The molecule has 0 bridgehead atoms. The largest absolute Gasteiger partial charge is 0.433 e. The van der Waals surface area contributed by atoms with Gasteiger partial charge in [-0.15, -0.1) is 12.4 Å². The number of H-pyrrole nitrogens is 1. The van der Waals surface area contributed by atoms with E-state index in [1.807, 2.05) is 0 Å². The first-order chi connectivity index (χ1) is 14.7. The molecule has 1 fully saturated rings. The standard InChI is InChI=1S/C21H23F5N4O2.ClH/c1-10-9-13(15-14(18(27)32)16(31)11(2)12(3)28-15)19(29-17(10)21(24,25)26)30-7-4-5-20(22,23)6-8-30;/h9H,4-8H2,1-3H3,(H2,27,32)(H,28,31);1H. The number of hydrogen-bond acceptors (Lipinski definition) is 4. The number of hydrogen-bond donors (Lipinski definition) is 2. The van der Waals surface area contributed by atoms with Crippen molar-refractivity contribution in [2.24, 2.45) is 5.73 Å². The molecule has 1 aliphatic heterocycles. The maximum absolute atomic E-state index is 13.9. The topological polar surface area (TPSA) is 92.1 Å². The Morgan fingerprint density at radius 3 is 2.39 bits per heavy atom. The summed E-state index contributed by atoms with van der Waals surface area (Å²) in [6.45, 7) is 4.05. The fourth-order valence-corrected chi connectivity index (χ4v) is 3.84.